The molecule has 0 aliphatic rings. The van der Waals surface area contributed by atoms with Crippen molar-refractivity contribution in [2.45, 2.75) is 27.2 Å². The van der Waals surface area contributed by atoms with Crippen LogP contribution < -0.4 is 10.2 Å². The van der Waals surface area contributed by atoms with Crippen molar-refractivity contribution in [3.05, 3.63) is 63.4 Å². The van der Waals surface area contributed by atoms with Crippen LogP contribution >= 0.6 is 27.3 Å². The van der Waals surface area contributed by atoms with Gasteiger partial charge in [-0.1, -0.05) is 47.1 Å². The summed E-state index contributed by atoms with van der Waals surface area (Å²) in [6, 6.07) is 13.9. The molecule has 6 heteroatoms. The van der Waals surface area contributed by atoms with Crippen LogP contribution in [0.2, 0.25) is 0 Å². The highest BCUT2D eigenvalue weighted by atomic mass is 79.9. The van der Waals surface area contributed by atoms with Gasteiger partial charge in [0.15, 0.2) is 5.13 Å². The lowest BCUT2D eigenvalue weighted by Gasteiger charge is -2.20. The second kappa shape index (κ2) is 8.67. The van der Waals surface area contributed by atoms with Gasteiger partial charge in [-0.3, -0.25) is 4.90 Å². The number of hydrogen-bond acceptors (Lipinski definition) is 3. The van der Waals surface area contributed by atoms with E-state index in [1.54, 1.807) is 4.90 Å². The minimum Gasteiger partial charge on any atom is -0.307 e. The number of nitrogens with one attached hydrogen (secondary N) is 1. The number of aryl methyl sites for hydroxylation is 2. The van der Waals surface area contributed by atoms with Crippen LogP contribution in [0.15, 0.2) is 52.3 Å². The largest absolute Gasteiger partial charge is 0.328 e. The van der Waals surface area contributed by atoms with Crippen molar-refractivity contribution in [1.29, 1.82) is 0 Å². The molecule has 3 rings (SSSR count). The van der Waals surface area contributed by atoms with E-state index in [1.807, 2.05) is 61.7 Å². The maximum atomic E-state index is 12.9. The Morgan fingerprint density at radius 2 is 2.04 bits per heavy atom. The molecule has 0 saturated carbocycles. The topological polar surface area (TPSA) is 45.2 Å². The number of anilines is 2. The molecule has 4 nitrogen and oxygen atoms in total. The van der Waals surface area contributed by atoms with Crippen molar-refractivity contribution in [3.8, 4) is 11.3 Å². The number of carbonyl (C=O) groups is 1. The molecule has 0 aliphatic heterocycles. The summed E-state index contributed by atoms with van der Waals surface area (Å²) in [4.78, 5) is 19.4. The highest BCUT2D eigenvalue weighted by Crippen LogP contribution is 2.29. The smallest absolute Gasteiger partial charge is 0.307 e. The molecule has 27 heavy (non-hydrogen) atoms. The quantitative estimate of drug-likeness (QED) is 0.480. The average Bonchev–Trinajstić information content (AvgIpc) is 3.12. The van der Waals surface area contributed by atoms with Gasteiger partial charge in [0, 0.05) is 27.6 Å². The van der Waals surface area contributed by atoms with Gasteiger partial charge >= 0.3 is 6.03 Å². The number of hydrogen-bond donors (Lipinski definition) is 1. The third kappa shape index (κ3) is 4.76. The third-order valence-electron chi connectivity index (χ3n) is 4.17. The molecule has 0 fully saturated rings. The van der Waals surface area contributed by atoms with Gasteiger partial charge in [0.25, 0.3) is 0 Å². The highest BCUT2D eigenvalue weighted by Gasteiger charge is 2.19. The minimum absolute atomic E-state index is 0.152. The molecule has 2 aromatic carbocycles. The van der Waals surface area contributed by atoms with Gasteiger partial charge in [-0.05, 0) is 49.6 Å². The number of amides is 2. The number of nitrogens with zero attached hydrogens (tertiary/aromatic N) is 2. The Morgan fingerprint density at radius 3 is 2.78 bits per heavy atom. The molecular weight excluding hydrogens is 422 g/mol. The average molecular weight is 444 g/mol. The van der Waals surface area contributed by atoms with E-state index in [4.69, 9.17) is 4.98 Å². The summed E-state index contributed by atoms with van der Waals surface area (Å²) in [5.41, 5.74) is 4.89. The molecule has 0 bridgehead atoms. The maximum Gasteiger partial charge on any atom is 0.328 e. The highest BCUT2D eigenvalue weighted by molar-refractivity contribution is 9.10. The number of carbonyl (C=O) groups excluding carboxylic acids is 1. The van der Waals surface area contributed by atoms with Crippen molar-refractivity contribution in [2.24, 2.45) is 0 Å². The molecule has 0 aliphatic carbocycles. The molecule has 1 aromatic heterocycles. The Hall–Kier alpha value is -2.18. The first-order valence-electron chi connectivity index (χ1n) is 8.85. The van der Waals surface area contributed by atoms with E-state index in [-0.39, 0.29) is 6.03 Å². The van der Waals surface area contributed by atoms with Gasteiger partial charge in [-0.15, -0.1) is 11.3 Å². The van der Waals surface area contributed by atoms with Gasteiger partial charge in [0.2, 0.25) is 0 Å². The fraction of sp³-hybridized carbons (Fsp3) is 0.238. The number of halogens is 1. The van der Waals surface area contributed by atoms with E-state index < -0.39 is 0 Å². The van der Waals surface area contributed by atoms with Gasteiger partial charge in [0.1, 0.15) is 0 Å². The lowest BCUT2D eigenvalue weighted by atomic mass is 10.1. The Bertz CT molecular complexity index is 954. The summed E-state index contributed by atoms with van der Waals surface area (Å²) in [6.07, 6.45) is 0.853. The fourth-order valence-corrected chi connectivity index (χ4v) is 3.99. The first-order valence-corrected chi connectivity index (χ1v) is 10.5. The van der Waals surface area contributed by atoms with Crippen LogP contribution in [0.4, 0.5) is 15.6 Å². The lowest BCUT2D eigenvalue weighted by Crippen LogP contribution is -2.35. The van der Waals surface area contributed by atoms with Crippen LogP contribution in [0.25, 0.3) is 11.3 Å². The van der Waals surface area contributed by atoms with E-state index in [0.29, 0.717) is 11.7 Å². The number of urea groups is 1. The first kappa shape index (κ1) is 19.6. The second-order valence-corrected chi connectivity index (χ2v) is 8.18. The normalized spacial score (nSPS) is 10.7. The number of benzene rings is 2. The van der Waals surface area contributed by atoms with Crippen LogP contribution in [0.1, 0.15) is 24.5 Å². The van der Waals surface area contributed by atoms with Crippen LogP contribution in [-0.2, 0) is 0 Å². The molecule has 0 spiro atoms. The first-order chi connectivity index (χ1) is 13.0. The van der Waals surface area contributed by atoms with E-state index >= 15 is 0 Å². The summed E-state index contributed by atoms with van der Waals surface area (Å²) < 4.78 is 1.01. The molecule has 0 unspecified atom stereocenters. The van der Waals surface area contributed by atoms with Crippen molar-refractivity contribution in [1.82, 2.24) is 4.98 Å². The molecule has 1 heterocycles. The summed E-state index contributed by atoms with van der Waals surface area (Å²) >= 11 is 4.98. The Labute approximate surface area is 172 Å². The summed E-state index contributed by atoms with van der Waals surface area (Å²) in [5, 5.41) is 5.73. The monoisotopic (exact) mass is 443 g/mol. The molecule has 0 saturated heterocycles. The van der Waals surface area contributed by atoms with Crippen molar-refractivity contribution in [2.75, 3.05) is 16.8 Å². The standard InChI is InChI=1S/C21H22BrN3OS/c1-4-10-25(20(26)23-18-11-14(2)8-9-15(18)3)21-24-19(13-27-21)16-6-5-7-17(22)12-16/h5-9,11-13H,4,10H2,1-3H3,(H,23,26). The van der Waals surface area contributed by atoms with E-state index in [2.05, 4.69) is 28.2 Å². The zero-order chi connectivity index (χ0) is 19.4. The van der Waals surface area contributed by atoms with Crippen molar-refractivity contribution >= 4 is 44.1 Å². The molecule has 1 N–H and O–H groups in total. The van der Waals surface area contributed by atoms with Crippen LogP contribution in [-0.4, -0.2) is 17.6 Å². The van der Waals surface area contributed by atoms with Gasteiger partial charge in [0.05, 0.1) is 5.69 Å². The van der Waals surface area contributed by atoms with Crippen LogP contribution in [0.3, 0.4) is 0 Å². The Morgan fingerprint density at radius 1 is 1.22 bits per heavy atom. The van der Waals surface area contributed by atoms with E-state index in [1.165, 1.54) is 11.3 Å². The summed E-state index contributed by atoms with van der Waals surface area (Å²) in [6.45, 7) is 6.68. The summed E-state index contributed by atoms with van der Waals surface area (Å²) in [5.74, 6) is 0. The number of aromatic nitrogens is 1. The van der Waals surface area contributed by atoms with E-state index in [0.717, 1.165) is 39.0 Å². The fourth-order valence-electron chi connectivity index (χ4n) is 2.73. The summed E-state index contributed by atoms with van der Waals surface area (Å²) in [7, 11) is 0. The van der Waals surface area contributed by atoms with Crippen LogP contribution in [0.5, 0.6) is 0 Å². The predicted molar refractivity (Wildman–Crippen MR) is 118 cm³/mol. The zero-order valence-corrected chi connectivity index (χ0v) is 18.0. The Kier molecular flexibility index (Phi) is 6.29. The Balaban J connectivity index is 1.85. The lowest BCUT2D eigenvalue weighted by molar-refractivity contribution is 0.257. The van der Waals surface area contributed by atoms with E-state index in [9.17, 15) is 4.79 Å². The molecule has 3 aromatic rings. The molecule has 0 atom stereocenters. The SMILES string of the molecule is CCCN(C(=O)Nc1cc(C)ccc1C)c1nc(-c2cccc(Br)c2)cs1. The second-order valence-electron chi connectivity index (χ2n) is 6.43. The number of rotatable bonds is 5. The number of thiazole rings is 1. The van der Waals surface area contributed by atoms with Crippen LogP contribution in [0, 0.1) is 13.8 Å². The predicted octanol–water partition coefficient (Wildman–Crippen LogP) is 6.64. The maximum absolute atomic E-state index is 12.9. The third-order valence-corrected chi connectivity index (χ3v) is 5.53. The molecule has 2 amide bonds. The van der Waals surface area contributed by atoms with Gasteiger partial charge < -0.3 is 5.32 Å². The zero-order valence-electron chi connectivity index (χ0n) is 15.6. The molecule has 0 radical (unpaired) electrons. The molecule has 140 valence electrons. The van der Waals surface area contributed by atoms with Crippen molar-refractivity contribution in [3.63, 3.8) is 0 Å². The van der Waals surface area contributed by atoms with Gasteiger partial charge in [-0.25, -0.2) is 9.78 Å². The van der Waals surface area contributed by atoms with Crippen molar-refractivity contribution < 1.29 is 4.79 Å². The molecular formula is C21H22BrN3OS. The van der Waals surface area contributed by atoms with Gasteiger partial charge in [-0.2, -0.15) is 0 Å². The minimum atomic E-state index is -0.152.